The lowest BCUT2D eigenvalue weighted by atomic mass is 10.3. The summed E-state index contributed by atoms with van der Waals surface area (Å²) >= 11 is 0. The SMILES string of the molecule is CC(O)/C=C/c1nc2c(=O)[nH]c(N)nc2[nH]c1=O. The summed E-state index contributed by atoms with van der Waals surface area (Å²) in [6.07, 6.45) is 1.99. The first-order chi connectivity index (χ1) is 8.47. The van der Waals surface area contributed by atoms with E-state index in [-0.39, 0.29) is 22.8 Å². The van der Waals surface area contributed by atoms with Gasteiger partial charge in [-0.3, -0.25) is 14.6 Å². The van der Waals surface area contributed by atoms with Crippen molar-refractivity contribution >= 4 is 23.2 Å². The number of aromatic nitrogens is 4. The van der Waals surface area contributed by atoms with E-state index in [0.717, 1.165) is 0 Å². The van der Waals surface area contributed by atoms with Gasteiger partial charge < -0.3 is 15.8 Å². The van der Waals surface area contributed by atoms with Gasteiger partial charge in [0.25, 0.3) is 11.1 Å². The Morgan fingerprint density at radius 2 is 2.00 bits per heavy atom. The summed E-state index contributed by atoms with van der Waals surface area (Å²) < 4.78 is 0. The van der Waals surface area contributed by atoms with Crippen molar-refractivity contribution in [3.8, 4) is 0 Å². The van der Waals surface area contributed by atoms with Crippen molar-refractivity contribution in [2.45, 2.75) is 13.0 Å². The highest BCUT2D eigenvalue weighted by Gasteiger charge is 2.07. The Bertz CT molecular complexity index is 728. The van der Waals surface area contributed by atoms with E-state index >= 15 is 0 Å². The molecule has 2 rings (SSSR count). The van der Waals surface area contributed by atoms with Crippen molar-refractivity contribution in [1.29, 1.82) is 0 Å². The number of aliphatic hydroxyl groups excluding tert-OH is 1. The minimum absolute atomic E-state index is 0.0143. The first-order valence-electron chi connectivity index (χ1n) is 5.13. The van der Waals surface area contributed by atoms with E-state index in [0.29, 0.717) is 0 Å². The van der Waals surface area contributed by atoms with Crippen molar-refractivity contribution in [3.63, 3.8) is 0 Å². The van der Waals surface area contributed by atoms with Gasteiger partial charge in [-0.15, -0.1) is 0 Å². The van der Waals surface area contributed by atoms with Crippen LogP contribution in [0.5, 0.6) is 0 Å². The van der Waals surface area contributed by atoms with E-state index in [9.17, 15) is 9.59 Å². The van der Waals surface area contributed by atoms with Crippen molar-refractivity contribution in [2.24, 2.45) is 0 Å². The molecule has 8 heteroatoms. The van der Waals surface area contributed by atoms with Gasteiger partial charge in [0.05, 0.1) is 6.10 Å². The number of hydrogen-bond donors (Lipinski definition) is 4. The van der Waals surface area contributed by atoms with Crippen LogP contribution in [0, 0.1) is 0 Å². The molecule has 0 aliphatic rings. The van der Waals surface area contributed by atoms with Crippen LogP contribution in [-0.2, 0) is 0 Å². The second-order valence-electron chi connectivity index (χ2n) is 3.70. The van der Waals surface area contributed by atoms with Gasteiger partial charge in [-0.25, -0.2) is 4.98 Å². The number of nitrogens with two attached hydrogens (primary N) is 1. The standard InChI is InChI=1S/C10H11N5O3/c1-4(16)2-3-5-8(17)13-7-6(12-5)9(18)15-10(11)14-7/h2-4,16H,1H3,(H4,11,13,14,15,17,18)/b3-2+. The number of nitrogens with one attached hydrogen (secondary N) is 2. The molecule has 2 heterocycles. The van der Waals surface area contributed by atoms with Crippen LogP contribution in [0.15, 0.2) is 15.7 Å². The molecular weight excluding hydrogens is 238 g/mol. The summed E-state index contributed by atoms with van der Waals surface area (Å²) in [6.45, 7) is 1.53. The van der Waals surface area contributed by atoms with Crippen molar-refractivity contribution in [1.82, 2.24) is 19.9 Å². The number of anilines is 1. The molecule has 8 nitrogen and oxygen atoms in total. The Morgan fingerprint density at radius 1 is 1.28 bits per heavy atom. The Labute approximate surface area is 100 Å². The third-order valence-corrected chi connectivity index (χ3v) is 2.14. The van der Waals surface area contributed by atoms with Gasteiger partial charge in [-0.05, 0) is 13.0 Å². The fraction of sp³-hybridized carbons (Fsp3) is 0.200. The summed E-state index contributed by atoms with van der Waals surface area (Å²) in [6, 6.07) is 0. The molecule has 2 aromatic rings. The maximum Gasteiger partial charge on any atom is 0.280 e. The third-order valence-electron chi connectivity index (χ3n) is 2.14. The summed E-state index contributed by atoms with van der Waals surface area (Å²) in [5.74, 6) is -0.0998. The van der Waals surface area contributed by atoms with Crippen LogP contribution in [0.1, 0.15) is 12.6 Å². The molecular formula is C10H11N5O3. The predicted octanol–water partition coefficient (Wildman–Crippen LogP) is -1.02. The number of hydrogen-bond acceptors (Lipinski definition) is 6. The highest BCUT2D eigenvalue weighted by molar-refractivity contribution is 5.70. The lowest BCUT2D eigenvalue weighted by molar-refractivity contribution is 0.245. The molecule has 0 aliphatic carbocycles. The van der Waals surface area contributed by atoms with Gasteiger partial charge in [0.2, 0.25) is 5.95 Å². The minimum atomic E-state index is -0.718. The average Bonchev–Trinajstić information content (AvgIpc) is 2.26. The van der Waals surface area contributed by atoms with E-state index in [1.165, 1.54) is 19.1 Å². The molecule has 0 aliphatic heterocycles. The second kappa shape index (κ2) is 4.41. The van der Waals surface area contributed by atoms with E-state index < -0.39 is 17.2 Å². The Morgan fingerprint density at radius 3 is 2.67 bits per heavy atom. The van der Waals surface area contributed by atoms with E-state index in [1.807, 2.05) is 0 Å². The molecule has 0 bridgehead atoms. The molecule has 1 atom stereocenters. The molecule has 94 valence electrons. The number of rotatable bonds is 2. The second-order valence-corrected chi connectivity index (χ2v) is 3.70. The molecule has 5 N–H and O–H groups in total. The average molecular weight is 249 g/mol. The summed E-state index contributed by atoms with van der Waals surface area (Å²) in [7, 11) is 0. The molecule has 0 radical (unpaired) electrons. The van der Waals surface area contributed by atoms with E-state index in [2.05, 4.69) is 19.9 Å². The lowest BCUT2D eigenvalue weighted by Gasteiger charge is -1.99. The lowest BCUT2D eigenvalue weighted by Crippen LogP contribution is -2.20. The highest BCUT2D eigenvalue weighted by atomic mass is 16.3. The third kappa shape index (κ3) is 2.28. The zero-order chi connectivity index (χ0) is 13.3. The quantitative estimate of drug-likeness (QED) is 0.537. The molecule has 0 saturated heterocycles. The molecule has 0 spiro atoms. The first-order valence-corrected chi connectivity index (χ1v) is 5.13. The maximum atomic E-state index is 11.6. The molecule has 1 unspecified atom stereocenters. The van der Waals surface area contributed by atoms with Gasteiger partial charge in [-0.1, -0.05) is 6.08 Å². The Kier molecular flexibility index (Phi) is 2.94. The Hall–Kier alpha value is -2.48. The van der Waals surface area contributed by atoms with E-state index in [1.54, 1.807) is 0 Å². The highest BCUT2D eigenvalue weighted by Crippen LogP contribution is 2.01. The molecule has 2 aromatic heterocycles. The number of fused-ring (bicyclic) bond motifs is 1. The van der Waals surface area contributed by atoms with Crippen LogP contribution in [0.2, 0.25) is 0 Å². The normalized spacial score (nSPS) is 13.2. The van der Waals surface area contributed by atoms with Gasteiger partial charge in [0.15, 0.2) is 11.2 Å². The summed E-state index contributed by atoms with van der Waals surface area (Å²) in [5.41, 5.74) is 4.31. The van der Waals surface area contributed by atoms with Gasteiger partial charge >= 0.3 is 0 Å². The van der Waals surface area contributed by atoms with Crippen molar-refractivity contribution in [2.75, 3.05) is 5.73 Å². The minimum Gasteiger partial charge on any atom is -0.389 e. The van der Waals surface area contributed by atoms with Crippen LogP contribution < -0.4 is 16.9 Å². The zero-order valence-corrected chi connectivity index (χ0v) is 9.47. The fourth-order valence-electron chi connectivity index (χ4n) is 1.36. The largest absolute Gasteiger partial charge is 0.389 e. The summed E-state index contributed by atoms with van der Waals surface area (Å²) in [5, 5.41) is 9.09. The van der Waals surface area contributed by atoms with Crippen molar-refractivity contribution in [3.05, 3.63) is 32.5 Å². The van der Waals surface area contributed by atoms with Crippen LogP contribution in [0.4, 0.5) is 5.95 Å². The molecule has 18 heavy (non-hydrogen) atoms. The predicted molar refractivity (Wildman–Crippen MR) is 65.9 cm³/mol. The number of nitrogens with zero attached hydrogens (tertiary/aromatic N) is 2. The van der Waals surface area contributed by atoms with Crippen LogP contribution in [0.3, 0.4) is 0 Å². The van der Waals surface area contributed by atoms with E-state index in [4.69, 9.17) is 10.8 Å². The topological polar surface area (TPSA) is 138 Å². The van der Waals surface area contributed by atoms with Crippen LogP contribution in [-0.4, -0.2) is 31.1 Å². The molecule has 0 amide bonds. The number of aliphatic hydroxyl groups is 1. The fourth-order valence-corrected chi connectivity index (χ4v) is 1.36. The van der Waals surface area contributed by atoms with Crippen LogP contribution >= 0.6 is 0 Å². The smallest absolute Gasteiger partial charge is 0.280 e. The molecule has 0 aromatic carbocycles. The molecule has 0 saturated carbocycles. The zero-order valence-electron chi connectivity index (χ0n) is 9.47. The van der Waals surface area contributed by atoms with Gasteiger partial charge in [0.1, 0.15) is 5.69 Å². The number of H-pyrrole nitrogens is 2. The first kappa shape index (κ1) is 12.0. The number of aromatic amines is 2. The maximum absolute atomic E-state index is 11.6. The molecule has 0 fully saturated rings. The van der Waals surface area contributed by atoms with Crippen LogP contribution in [0.25, 0.3) is 17.2 Å². The number of nitrogen functional groups attached to an aromatic ring is 1. The van der Waals surface area contributed by atoms with Gasteiger partial charge in [0, 0.05) is 0 Å². The Balaban J connectivity index is 2.69. The summed E-state index contributed by atoms with van der Waals surface area (Å²) in [4.78, 5) is 35.5. The monoisotopic (exact) mass is 249 g/mol. The van der Waals surface area contributed by atoms with Crippen molar-refractivity contribution < 1.29 is 5.11 Å². The van der Waals surface area contributed by atoms with Gasteiger partial charge in [-0.2, -0.15) is 4.98 Å².